The van der Waals surface area contributed by atoms with E-state index in [1.54, 1.807) is 6.20 Å². The zero-order chi connectivity index (χ0) is 11.6. The fraction of sp³-hybridized carbons (Fsp3) is 0.667. The Morgan fingerprint density at radius 3 is 2.69 bits per heavy atom. The van der Waals surface area contributed by atoms with Crippen LogP contribution in [0.2, 0.25) is 0 Å². The van der Waals surface area contributed by atoms with Crippen LogP contribution in [-0.4, -0.2) is 29.5 Å². The van der Waals surface area contributed by atoms with Crippen LogP contribution in [0.5, 0.6) is 0 Å². The minimum Gasteiger partial charge on any atom is -0.303 e. The Morgan fingerprint density at radius 2 is 2.19 bits per heavy atom. The van der Waals surface area contributed by atoms with Crippen molar-refractivity contribution in [3.63, 3.8) is 0 Å². The molecule has 0 saturated carbocycles. The normalized spacial score (nSPS) is 21.5. The lowest BCUT2D eigenvalue weighted by Gasteiger charge is -2.35. The lowest BCUT2D eigenvalue weighted by Crippen LogP contribution is -2.41. The number of alkyl halides is 1. The molecule has 1 radical (unpaired) electrons. The molecule has 0 N–H and O–H groups in total. The molecular weight excluding hydrogens is 223 g/mol. The Hall–Kier alpha value is -0.480. The van der Waals surface area contributed by atoms with E-state index >= 15 is 0 Å². The number of halogens is 1. The van der Waals surface area contributed by atoms with Gasteiger partial charge in [0, 0.05) is 44.1 Å². The number of aromatic nitrogens is 1. The number of rotatable bonds is 3. The van der Waals surface area contributed by atoms with Gasteiger partial charge in [0.1, 0.15) is 5.01 Å². The molecule has 4 heteroatoms. The number of hydrogen-bond donors (Lipinski definition) is 0. The van der Waals surface area contributed by atoms with Crippen LogP contribution in [0.1, 0.15) is 31.7 Å². The predicted octanol–water partition coefficient (Wildman–Crippen LogP) is 3.02. The first-order valence-corrected chi connectivity index (χ1v) is 6.58. The fourth-order valence-electron chi connectivity index (χ4n) is 2.17. The average molecular weight is 241 g/mol. The maximum absolute atomic E-state index is 14.6. The molecule has 0 aliphatic carbocycles. The van der Waals surface area contributed by atoms with Gasteiger partial charge in [-0.25, -0.2) is 9.37 Å². The highest BCUT2D eigenvalue weighted by Gasteiger charge is 2.38. The van der Waals surface area contributed by atoms with Crippen LogP contribution in [0.3, 0.4) is 0 Å². The molecule has 1 aliphatic rings. The van der Waals surface area contributed by atoms with E-state index in [4.69, 9.17) is 0 Å². The molecule has 16 heavy (non-hydrogen) atoms. The zero-order valence-corrected chi connectivity index (χ0v) is 10.7. The van der Waals surface area contributed by atoms with E-state index in [1.165, 1.54) is 17.3 Å². The van der Waals surface area contributed by atoms with Gasteiger partial charge in [-0.3, -0.25) is 0 Å². The molecule has 2 heterocycles. The highest BCUT2D eigenvalue weighted by Crippen LogP contribution is 2.37. The molecule has 1 aromatic rings. The molecule has 1 saturated heterocycles. The quantitative estimate of drug-likeness (QED) is 0.808. The summed E-state index contributed by atoms with van der Waals surface area (Å²) in [5.74, 6) is 1.39. The maximum Gasteiger partial charge on any atom is 0.164 e. The van der Waals surface area contributed by atoms with E-state index in [-0.39, 0.29) is 0 Å². The van der Waals surface area contributed by atoms with Crippen molar-refractivity contribution >= 4 is 11.3 Å². The van der Waals surface area contributed by atoms with Crippen molar-refractivity contribution in [3.05, 3.63) is 22.5 Å². The monoisotopic (exact) mass is 241 g/mol. The molecule has 0 bridgehead atoms. The first kappa shape index (κ1) is 12.0. The molecule has 2 nitrogen and oxygen atoms in total. The minimum absolute atomic E-state index is 0.577. The van der Waals surface area contributed by atoms with E-state index in [0.29, 0.717) is 17.8 Å². The van der Waals surface area contributed by atoms with Crippen molar-refractivity contribution in [1.82, 2.24) is 9.88 Å². The van der Waals surface area contributed by atoms with Gasteiger partial charge in [0.2, 0.25) is 0 Å². The first-order chi connectivity index (χ1) is 7.60. The molecule has 1 aromatic heterocycles. The smallest absolute Gasteiger partial charge is 0.164 e. The Labute approximate surface area is 100 Å². The molecule has 2 rings (SSSR count). The Morgan fingerprint density at radius 1 is 1.50 bits per heavy atom. The number of nitrogens with zero attached hydrogens (tertiary/aromatic N) is 2. The Bertz CT molecular complexity index is 316. The van der Waals surface area contributed by atoms with Crippen molar-refractivity contribution < 1.29 is 4.39 Å². The highest BCUT2D eigenvalue weighted by molar-refractivity contribution is 7.09. The van der Waals surface area contributed by atoms with E-state index in [0.717, 1.165) is 19.6 Å². The van der Waals surface area contributed by atoms with Crippen LogP contribution in [0.4, 0.5) is 4.39 Å². The summed E-state index contributed by atoms with van der Waals surface area (Å²) in [5, 5.41) is 2.51. The number of piperidine rings is 1. The summed E-state index contributed by atoms with van der Waals surface area (Å²) >= 11 is 1.43. The summed E-state index contributed by atoms with van der Waals surface area (Å²) in [6, 6.07) is 0. The topological polar surface area (TPSA) is 16.1 Å². The lowest BCUT2D eigenvalue weighted by atomic mass is 9.93. The van der Waals surface area contributed by atoms with E-state index in [9.17, 15) is 4.39 Å². The predicted molar refractivity (Wildman–Crippen MR) is 65.2 cm³/mol. The minimum atomic E-state index is -1.17. The van der Waals surface area contributed by atoms with Gasteiger partial charge in [0.25, 0.3) is 0 Å². The summed E-state index contributed by atoms with van der Waals surface area (Å²) in [6.07, 6.45) is 2.85. The molecule has 1 fully saturated rings. The Balaban J connectivity index is 1.94. The van der Waals surface area contributed by atoms with Crippen LogP contribution in [0, 0.1) is 5.92 Å². The molecule has 0 aromatic carbocycles. The Kier molecular flexibility index (Phi) is 3.60. The van der Waals surface area contributed by atoms with E-state index in [2.05, 4.69) is 23.7 Å². The van der Waals surface area contributed by atoms with Gasteiger partial charge in [-0.05, 0) is 5.92 Å². The van der Waals surface area contributed by atoms with Gasteiger partial charge in [-0.2, -0.15) is 0 Å². The number of hydrogen-bond acceptors (Lipinski definition) is 3. The van der Waals surface area contributed by atoms with Crippen LogP contribution >= 0.6 is 11.3 Å². The van der Waals surface area contributed by atoms with Crippen LogP contribution in [0.25, 0.3) is 0 Å². The van der Waals surface area contributed by atoms with Gasteiger partial charge in [0.15, 0.2) is 5.67 Å². The molecule has 0 amide bonds. The highest BCUT2D eigenvalue weighted by atomic mass is 32.1. The summed E-state index contributed by atoms with van der Waals surface area (Å²) in [6.45, 7) is 6.91. The first-order valence-electron chi connectivity index (χ1n) is 5.70. The fourth-order valence-corrected chi connectivity index (χ4v) is 2.96. The third-order valence-corrected chi connectivity index (χ3v) is 3.96. The van der Waals surface area contributed by atoms with E-state index < -0.39 is 5.67 Å². The summed E-state index contributed by atoms with van der Waals surface area (Å²) in [7, 11) is 0. The van der Waals surface area contributed by atoms with Crippen LogP contribution in [0.15, 0.2) is 11.6 Å². The van der Waals surface area contributed by atoms with Gasteiger partial charge < -0.3 is 4.90 Å². The molecule has 0 atom stereocenters. The lowest BCUT2D eigenvalue weighted by molar-refractivity contribution is 0.0578. The second kappa shape index (κ2) is 4.80. The third-order valence-electron chi connectivity index (χ3n) is 3.00. The van der Waals surface area contributed by atoms with Gasteiger partial charge in [-0.15, -0.1) is 11.3 Å². The second-order valence-electron chi connectivity index (χ2n) is 4.79. The maximum atomic E-state index is 14.6. The van der Waals surface area contributed by atoms with Gasteiger partial charge in [-0.1, -0.05) is 13.8 Å². The largest absolute Gasteiger partial charge is 0.303 e. The molecule has 0 unspecified atom stereocenters. The van der Waals surface area contributed by atoms with Crippen molar-refractivity contribution in [1.29, 1.82) is 0 Å². The zero-order valence-electron chi connectivity index (χ0n) is 9.87. The summed E-state index contributed by atoms with van der Waals surface area (Å²) in [4.78, 5) is 6.44. The van der Waals surface area contributed by atoms with Crippen molar-refractivity contribution in [2.24, 2.45) is 0 Å². The van der Waals surface area contributed by atoms with Crippen molar-refractivity contribution in [3.8, 4) is 0 Å². The SMILES string of the molecule is C[C](C)CN1CCC(F)(c2nccs2)CC1. The van der Waals surface area contributed by atoms with Crippen LogP contribution in [-0.2, 0) is 5.67 Å². The molecule has 1 aliphatic heterocycles. The number of likely N-dealkylation sites (tertiary alicyclic amines) is 1. The van der Waals surface area contributed by atoms with E-state index in [1.807, 2.05) is 5.38 Å². The van der Waals surface area contributed by atoms with Crippen molar-refractivity contribution in [2.45, 2.75) is 32.4 Å². The average Bonchev–Trinajstić information content (AvgIpc) is 2.75. The van der Waals surface area contributed by atoms with Gasteiger partial charge in [0.05, 0.1) is 0 Å². The summed E-state index contributed by atoms with van der Waals surface area (Å²) in [5.41, 5.74) is -1.17. The standard InChI is InChI=1S/C12H18FN2S/c1-10(2)9-15-6-3-12(13,4-7-15)11-14-5-8-16-11/h5,8H,3-4,6-7,9H2,1-2H3. The van der Waals surface area contributed by atoms with Crippen molar-refractivity contribution in [2.75, 3.05) is 19.6 Å². The molecule has 89 valence electrons. The number of thiazole rings is 1. The summed E-state index contributed by atoms with van der Waals surface area (Å²) < 4.78 is 14.6. The van der Waals surface area contributed by atoms with Crippen LogP contribution < -0.4 is 0 Å². The molecule has 0 spiro atoms. The molecular formula is C12H18FN2S. The van der Waals surface area contributed by atoms with Gasteiger partial charge >= 0.3 is 0 Å². The third kappa shape index (κ3) is 2.61. The second-order valence-corrected chi connectivity index (χ2v) is 5.68.